The van der Waals surface area contributed by atoms with Crippen LogP contribution < -0.4 is 10.0 Å². The Morgan fingerprint density at radius 1 is 0.950 bits per heavy atom. The number of benzene rings is 3. The van der Waals surface area contributed by atoms with Gasteiger partial charge >= 0.3 is 5.97 Å². The number of sulfonamides is 1. The van der Waals surface area contributed by atoms with Gasteiger partial charge in [-0.3, -0.25) is 4.79 Å². The number of carboxylic acid groups (broad SMARTS) is 1. The SMILES string of the molecule is C[C@H](CC(=O)O)c1ccc(-c2cccc(S(=O)(=O)NCC(O)CNC(C)(C)CC3Cc4ccccc4C3)c2)cc1. The fourth-order valence-electron chi connectivity index (χ4n) is 5.57. The van der Waals surface area contributed by atoms with Crippen molar-refractivity contribution in [2.24, 2.45) is 5.92 Å². The Hall–Kier alpha value is -3.04. The van der Waals surface area contributed by atoms with Crippen LogP contribution in [-0.2, 0) is 27.7 Å². The van der Waals surface area contributed by atoms with E-state index in [1.165, 1.54) is 17.2 Å². The summed E-state index contributed by atoms with van der Waals surface area (Å²) in [6.45, 7) is 6.29. The van der Waals surface area contributed by atoms with Gasteiger partial charge in [-0.15, -0.1) is 0 Å². The highest BCUT2D eigenvalue weighted by Crippen LogP contribution is 2.32. The second-order valence-corrected chi connectivity index (χ2v) is 13.4. The maximum absolute atomic E-state index is 13.0. The molecule has 1 aliphatic carbocycles. The van der Waals surface area contributed by atoms with Gasteiger partial charge in [0.15, 0.2) is 0 Å². The summed E-state index contributed by atoms with van der Waals surface area (Å²) in [7, 11) is -3.83. The summed E-state index contributed by atoms with van der Waals surface area (Å²) in [6.07, 6.45) is 2.27. The lowest BCUT2D eigenvalue weighted by atomic mass is 9.88. The molecule has 0 heterocycles. The van der Waals surface area contributed by atoms with Crippen LogP contribution in [-0.4, -0.2) is 49.3 Å². The van der Waals surface area contributed by atoms with E-state index in [9.17, 15) is 18.3 Å². The number of aliphatic hydroxyl groups is 1. The van der Waals surface area contributed by atoms with E-state index >= 15 is 0 Å². The Kier molecular flexibility index (Phi) is 9.46. The second-order valence-electron chi connectivity index (χ2n) is 11.7. The number of rotatable bonds is 13. The molecule has 0 spiro atoms. The van der Waals surface area contributed by atoms with Crippen molar-refractivity contribution >= 4 is 16.0 Å². The van der Waals surface area contributed by atoms with Crippen molar-refractivity contribution in [1.29, 1.82) is 0 Å². The highest BCUT2D eigenvalue weighted by atomic mass is 32.2. The minimum Gasteiger partial charge on any atom is -0.481 e. The molecule has 1 aliphatic rings. The predicted octanol–water partition coefficient (Wildman–Crippen LogP) is 4.74. The molecule has 8 heteroatoms. The monoisotopic (exact) mass is 564 g/mol. The summed E-state index contributed by atoms with van der Waals surface area (Å²) in [6, 6.07) is 22.7. The fraction of sp³-hybridized carbons (Fsp3) is 0.406. The summed E-state index contributed by atoms with van der Waals surface area (Å²) in [5.74, 6) is -0.414. The van der Waals surface area contributed by atoms with Crippen LogP contribution in [0.5, 0.6) is 0 Å². The molecule has 0 saturated heterocycles. The molecule has 0 radical (unpaired) electrons. The molecule has 40 heavy (non-hydrogen) atoms. The van der Waals surface area contributed by atoms with Crippen LogP contribution in [0, 0.1) is 5.92 Å². The molecule has 0 amide bonds. The average Bonchev–Trinajstić information content (AvgIpc) is 3.32. The number of aliphatic carboxylic acids is 1. The highest BCUT2D eigenvalue weighted by Gasteiger charge is 2.28. The smallest absolute Gasteiger partial charge is 0.303 e. The number of hydrogen-bond acceptors (Lipinski definition) is 5. The number of nitrogens with one attached hydrogen (secondary N) is 2. The molecule has 0 saturated carbocycles. The zero-order valence-corrected chi connectivity index (χ0v) is 24.2. The zero-order valence-electron chi connectivity index (χ0n) is 23.4. The zero-order chi connectivity index (χ0) is 28.9. The van der Waals surface area contributed by atoms with Crippen molar-refractivity contribution in [3.05, 3.63) is 89.5 Å². The summed E-state index contributed by atoms with van der Waals surface area (Å²) >= 11 is 0. The van der Waals surface area contributed by atoms with E-state index in [-0.39, 0.29) is 35.9 Å². The molecular weight excluding hydrogens is 524 g/mol. The normalized spacial score (nSPS) is 15.5. The molecule has 3 aromatic rings. The highest BCUT2D eigenvalue weighted by molar-refractivity contribution is 7.89. The molecule has 214 valence electrons. The number of aliphatic hydroxyl groups excluding tert-OH is 1. The van der Waals surface area contributed by atoms with Crippen LogP contribution in [0.4, 0.5) is 0 Å². The van der Waals surface area contributed by atoms with Gasteiger partial charge in [0.25, 0.3) is 0 Å². The summed E-state index contributed by atoms with van der Waals surface area (Å²) in [5, 5.41) is 23.0. The Bertz CT molecular complexity index is 1390. The third-order valence-corrected chi connectivity index (χ3v) is 9.12. The van der Waals surface area contributed by atoms with E-state index in [0.717, 1.165) is 36.0 Å². The van der Waals surface area contributed by atoms with Crippen LogP contribution in [0.1, 0.15) is 56.2 Å². The van der Waals surface area contributed by atoms with Gasteiger partial charge in [0.1, 0.15) is 0 Å². The van der Waals surface area contributed by atoms with E-state index in [2.05, 4.69) is 48.2 Å². The van der Waals surface area contributed by atoms with Gasteiger partial charge in [-0.1, -0.05) is 67.6 Å². The molecule has 4 N–H and O–H groups in total. The van der Waals surface area contributed by atoms with Crippen molar-refractivity contribution in [3.63, 3.8) is 0 Å². The second kappa shape index (κ2) is 12.6. The van der Waals surface area contributed by atoms with Crippen LogP contribution in [0.15, 0.2) is 77.7 Å². The van der Waals surface area contributed by atoms with Gasteiger partial charge in [0.2, 0.25) is 10.0 Å². The lowest BCUT2D eigenvalue weighted by molar-refractivity contribution is -0.137. The largest absolute Gasteiger partial charge is 0.481 e. The molecule has 0 bridgehead atoms. The van der Waals surface area contributed by atoms with Crippen LogP contribution in [0.3, 0.4) is 0 Å². The molecule has 0 aromatic heterocycles. The molecule has 7 nitrogen and oxygen atoms in total. The Morgan fingerprint density at radius 3 is 2.23 bits per heavy atom. The molecule has 3 aromatic carbocycles. The predicted molar refractivity (Wildman–Crippen MR) is 158 cm³/mol. The van der Waals surface area contributed by atoms with Gasteiger partial charge < -0.3 is 15.5 Å². The number of carboxylic acids is 1. The lowest BCUT2D eigenvalue weighted by Crippen LogP contribution is -2.47. The van der Waals surface area contributed by atoms with Gasteiger partial charge in [-0.05, 0) is 84.9 Å². The first kappa shape index (κ1) is 29.9. The molecule has 4 rings (SSSR count). The topological polar surface area (TPSA) is 116 Å². The molecule has 0 aliphatic heterocycles. The quantitative estimate of drug-likeness (QED) is 0.238. The van der Waals surface area contributed by atoms with Crippen molar-refractivity contribution < 1.29 is 23.4 Å². The number of β-amino-alcohol motifs (C(OH)–C–C–N with tert-alkyl or cyclic N) is 1. The minimum atomic E-state index is -3.83. The van der Waals surface area contributed by atoms with Gasteiger partial charge in [0, 0.05) is 18.6 Å². The average molecular weight is 565 g/mol. The molecule has 0 fully saturated rings. The van der Waals surface area contributed by atoms with Gasteiger partial charge in [-0.25, -0.2) is 13.1 Å². The Labute approximate surface area is 237 Å². The maximum Gasteiger partial charge on any atom is 0.303 e. The van der Waals surface area contributed by atoms with E-state index in [0.29, 0.717) is 5.92 Å². The van der Waals surface area contributed by atoms with E-state index in [1.807, 2.05) is 37.3 Å². The Balaban J connectivity index is 1.29. The summed E-state index contributed by atoms with van der Waals surface area (Å²) in [5.41, 5.74) is 5.13. The third kappa shape index (κ3) is 8.01. The van der Waals surface area contributed by atoms with E-state index in [1.54, 1.807) is 12.1 Å². The standard InChI is InChI=1S/C32H40N2O5S/c1-22(15-31(36)37)24-11-13-25(14-12-24)28-9-6-10-30(18-28)40(38,39)34-21-29(35)20-33-32(2,3)19-23-16-26-7-4-5-8-27(26)17-23/h4-14,18,22-23,29,33-35H,15-17,19-21H2,1-3H3,(H,36,37)/t22-,29?/m1/s1. The first-order valence-corrected chi connectivity index (χ1v) is 15.3. The van der Waals surface area contributed by atoms with Crippen molar-refractivity contribution in [1.82, 2.24) is 10.0 Å². The number of carbonyl (C=O) groups is 1. The first-order valence-electron chi connectivity index (χ1n) is 13.8. The molecule has 2 atom stereocenters. The number of hydrogen-bond donors (Lipinski definition) is 4. The molecular formula is C32H40N2O5S. The first-order chi connectivity index (χ1) is 18.9. The lowest BCUT2D eigenvalue weighted by Gasteiger charge is -2.30. The van der Waals surface area contributed by atoms with Crippen molar-refractivity contribution in [2.45, 2.75) is 68.9 Å². The fourth-order valence-corrected chi connectivity index (χ4v) is 6.69. The maximum atomic E-state index is 13.0. The van der Waals surface area contributed by atoms with Crippen molar-refractivity contribution in [3.8, 4) is 11.1 Å². The number of fused-ring (bicyclic) bond motifs is 1. The van der Waals surface area contributed by atoms with Crippen LogP contribution >= 0.6 is 0 Å². The van der Waals surface area contributed by atoms with Crippen LogP contribution in [0.2, 0.25) is 0 Å². The summed E-state index contributed by atoms with van der Waals surface area (Å²) in [4.78, 5) is 11.1. The third-order valence-electron chi connectivity index (χ3n) is 7.70. The van der Waals surface area contributed by atoms with Gasteiger partial charge in [-0.2, -0.15) is 0 Å². The summed E-state index contributed by atoms with van der Waals surface area (Å²) < 4.78 is 28.6. The van der Waals surface area contributed by atoms with Crippen molar-refractivity contribution in [2.75, 3.05) is 13.1 Å². The minimum absolute atomic E-state index is 0.0485. The Morgan fingerprint density at radius 2 is 1.60 bits per heavy atom. The van der Waals surface area contributed by atoms with E-state index < -0.39 is 22.1 Å². The van der Waals surface area contributed by atoms with Gasteiger partial charge in [0.05, 0.1) is 17.4 Å². The van der Waals surface area contributed by atoms with E-state index in [4.69, 9.17) is 5.11 Å². The molecule has 1 unspecified atom stereocenters. The van der Waals surface area contributed by atoms with Crippen LogP contribution in [0.25, 0.3) is 11.1 Å².